The van der Waals surface area contributed by atoms with Crippen LogP contribution in [0.5, 0.6) is 0 Å². The first-order chi connectivity index (χ1) is 14.8. The minimum Gasteiger partial charge on any atom is -0.436 e. The fourth-order valence-electron chi connectivity index (χ4n) is 2.86. The van der Waals surface area contributed by atoms with Crippen molar-refractivity contribution in [1.82, 2.24) is 10.6 Å². The fraction of sp³-hybridized carbons (Fsp3) is 0.273. The second kappa shape index (κ2) is 11.6. The van der Waals surface area contributed by atoms with Crippen molar-refractivity contribution >= 4 is 29.5 Å². The van der Waals surface area contributed by atoms with E-state index in [9.17, 15) is 14.4 Å². The molecule has 2 rings (SSSR count). The first-order valence-electron chi connectivity index (χ1n) is 9.56. The quantitative estimate of drug-likeness (QED) is 0.548. The predicted molar refractivity (Wildman–Crippen MR) is 115 cm³/mol. The largest absolute Gasteiger partial charge is 0.436 e. The van der Waals surface area contributed by atoms with Gasteiger partial charge in [-0.25, -0.2) is 4.79 Å². The summed E-state index contributed by atoms with van der Waals surface area (Å²) < 4.78 is 4.93. The zero-order valence-electron chi connectivity index (χ0n) is 16.9. The molecule has 2 atom stereocenters. The summed E-state index contributed by atoms with van der Waals surface area (Å²) in [5.74, 6) is -1.07. The van der Waals surface area contributed by atoms with E-state index in [1.807, 2.05) is 36.4 Å². The Morgan fingerprint density at radius 1 is 1.13 bits per heavy atom. The van der Waals surface area contributed by atoms with E-state index in [1.165, 1.54) is 13.0 Å². The van der Waals surface area contributed by atoms with Crippen LogP contribution < -0.4 is 16.4 Å². The molecular weight excluding hydrogens is 420 g/mol. The number of nitrogens with one attached hydrogen (secondary N) is 2. The lowest BCUT2D eigenvalue weighted by molar-refractivity contribution is -0.134. The maximum Gasteiger partial charge on any atom is 0.405 e. The summed E-state index contributed by atoms with van der Waals surface area (Å²) in [5.41, 5.74) is 7.08. The van der Waals surface area contributed by atoms with Crippen molar-refractivity contribution in [3.63, 3.8) is 0 Å². The maximum atomic E-state index is 12.5. The summed E-state index contributed by atoms with van der Waals surface area (Å²) in [6.45, 7) is 1.63. The number of carbonyl (C=O) groups is 3. The van der Waals surface area contributed by atoms with Gasteiger partial charge >= 0.3 is 6.09 Å². The van der Waals surface area contributed by atoms with Gasteiger partial charge in [0.1, 0.15) is 6.04 Å². The lowest BCUT2D eigenvalue weighted by Gasteiger charge is -2.20. The van der Waals surface area contributed by atoms with Gasteiger partial charge < -0.3 is 21.1 Å². The van der Waals surface area contributed by atoms with Gasteiger partial charge in [0.25, 0.3) is 5.91 Å². The molecule has 2 aromatic carbocycles. The van der Waals surface area contributed by atoms with Crippen molar-refractivity contribution in [2.75, 3.05) is 0 Å². The molecule has 3 amide bonds. The predicted octanol–water partition coefficient (Wildman–Crippen LogP) is 2.43. The number of aryl methyl sites for hydroxylation is 1. The molecule has 0 fully saturated rings. The highest BCUT2D eigenvalue weighted by Crippen LogP contribution is 2.14. The molecule has 0 aliphatic heterocycles. The van der Waals surface area contributed by atoms with Crippen molar-refractivity contribution in [2.45, 2.75) is 38.5 Å². The van der Waals surface area contributed by atoms with E-state index in [1.54, 1.807) is 12.1 Å². The highest BCUT2D eigenvalue weighted by atomic mass is 35.5. The lowest BCUT2D eigenvalue weighted by atomic mass is 10.1. The van der Waals surface area contributed by atoms with E-state index >= 15 is 0 Å². The molecule has 2 aromatic rings. The summed E-state index contributed by atoms with van der Waals surface area (Å²) in [6.07, 6.45) is -1.49. The van der Waals surface area contributed by atoms with E-state index in [-0.39, 0.29) is 13.0 Å². The molecule has 0 bridgehead atoms. The van der Waals surface area contributed by atoms with Crippen LogP contribution in [0.25, 0.3) is 0 Å². The summed E-state index contributed by atoms with van der Waals surface area (Å²) in [7, 11) is 0. The van der Waals surface area contributed by atoms with Gasteiger partial charge in [0.2, 0.25) is 5.91 Å². The SMILES string of the molecule is C[C@H](NC(=O)[C@@H](CCc1ccccc1)OC(N)=O)C(=O)NCc1cc(Cl)cc(C#N)c1. The third kappa shape index (κ3) is 7.99. The molecule has 0 aromatic heterocycles. The third-order valence-electron chi connectivity index (χ3n) is 4.39. The van der Waals surface area contributed by atoms with Crippen molar-refractivity contribution in [2.24, 2.45) is 5.73 Å². The number of benzene rings is 2. The molecule has 0 radical (unpaired) electrons. The average molecular weight is 443 g/mol. The molecule has 0 aliphatic carbocycles. The highest BCUT2D eigenvalue weighted by Gasteiger charge is 2.25. The Bertz CT molecular complexity index is 975. The van der Waals surface area contributed by atoms with Crippen LogP contribution in [0.2, 0.25) is 5.02 Å². The van der Waals surface area contributed by atoms with Crippen LogP contribution in [-0.4, -0.2) is 30.1 Å². The number of ether oxygens (including phenoxy) is 1. The molecule has 0 spiro atoms. The van der Waals surface area contributed by atoms with E-state index in [0.29, 0.717) is 22.6 Å². The number of amides is 3. The topological polar surface area (TPSA) is 134 Å². The summed E-state index contributed by atoms with van der Waals surface area (Å²) in [4.78, 5) is 36.1. The van der Waals surface area contributed by atoms with Gasteiger partial charge in [-0.2, -0.15) is 5.26 Å². The lowest BCUT2D eigenvalue weighted by Crippen LogP contribution is -2.49. The number of hydrogen-bond acceptors (Lipinski definition) is 5. The Balaban J connectivity index is 1.92. The van der Waals surface area contributed by atoms with Gasteiger partial charge in [-0.05, 0) is 49.1 Å². The third-order valence-corrected chi connectivity index (χ3v) is 4.61. The van der Waals surface area contributed by atoms with Crippen LogP contribution in [0, 0.1) is 11.3 Å². The smallest absolute Gasteiger partial charge is 0.405 e. The van der Waals surface area contributed by atoms with E-state index in [2.05, 4.69) is 10.6 Å². The number of nitrogens with zero attached hydrogens (tertiary/aromatic N) is 1. The van der Waals surface area contributed by atoms with Gasteiger partial charge in [-0.3, -0.25) is 9.59 Å². The number of primary amides is 1. The molecule has 9 heteroatoms. The van der Waals surface area contributed by atoms with Crippen LogP contribution >= 0.6 is 11.6 Å². The molecule has 8 nitrogen and oxygen atoms in total. The molecule has 0 saturated carbocycles. The molecule has 31 heavy (non-hydrogen) atoms. The van der Waals surface area contributed by atoms with Gasteiger partial charge in [0.05, 0.1) is 11.6 Å². The Kier molecular flexibility index (Phi) is 8.85. The minimum absolute atomic E-state index is 0.128. The number of rotatable bonds is 9. The molecule has 4 N–H and O–H groups in total. The number of halogens is 1. The zero-order valence-corrected chi connectivity index (χ0v) is 17.7. The first-order valence-corrected chi connectivity index (χ1v) is 9.94. The van der Waals surface area contributed by atoms with Gasteiger partial charge in [0, 0.05) is 11.6 Å². The van der Waals surface area contributed by atoms with Crippen molar-refractivity contribution in [1.29, 1.82) is 5.26 Å². The number of hydrogen-bond donors (Lipinski definition) is 3. The van der Waals surface area contributed by atoms with Gasteiger partial charge in [-0.1, -0.05) is 41.9 Å². The number of carbonyl (C=O) groups excluding carboxylic acids is 3. The maximum absolute atomic E-state index is 12.5. The normalized spacial score (nSPS) is 12.2. The molecule has 162 valence electrons. The Morgan fingerprint density at radius 3 is 2.48 bits per heavy atom. The van der Waals surface area contributed by atoms with E-state index < -0.39 is 30.1 Å². The Morgan fingerprint density at radius 2 is 1.84 bits per heavy atom. The van der Waals surface area contributed by atoms with Crippen LogP contribution in [0.15, 0.2) is 48.5 Å². The second-order valence-electron chi connectivity index (χ2n) is 6.86. The molecule has 0 aliphatic rings. The number of nitriles is 1. The summed E-state index contributed by atoms with van der Waals surface area (Å²) in [5, 5.41) is 14.6. The van der Waals surface area contributed by atoms with Crippen molar-refractivity contribution in [3.8, 4) is 6.07 Å². The van der Waals surface area contributed by atoms with Crippen LogP contribution in [-0.2, 0) is 27.3 Å². The van der Waals surface area contributed by atoms with Crippen LogP contribution in [0.1, 0.15) is 30.0 Å². The van der Waals surface area contributed by atoms with Crippen LogP contribution in [0.4, 0.5) is 4.79 Å². The number of nitrogens with two attached hydrogens (primary N) is 1. The summed E-state index contributed by atoms with van der Waals surface area (Å²) >= 11 is 5.95. The molecule has 0 unspecified atom stereocenters. The monoisotopic (exact) mass is 442 g/mol. The zero-order chi connectivity index (χ0) is 22.8. The molecule has 0 saturated heterocycles. The van der Waals surface area contributed by atoms with E-state index in [0.717, 1.165) is 5.56 Å². The Hall–Kier alpha value is -3.57. The van der Waals surface area contributed by atoms with Gasteiger partial charge in [-0.15, -0.1) is 0 Å². The Labute approximate surface area is 185 Å². The molecular formula is C22H23ClN4O4. The molecule has 0 heterocycles. The van der Waals surface area contributed by atoms with Crippen LogP contribution in [0.3, 0.4) is 0 Å². The van der Waals surface area contributed by atoms with Gasteiger partial charge in [0.15, 0.2) is 6.10 Å². The average Bonchev–Trinajstić information content (AvgIpc) is 2.74. The highest BCUT2D eigenvalue weighted by molar-refractivity contribution is 6.30. The van der Waals surface area contributed by atoms with E-state index in [4.69, 9.17) is 27.3 Å². The fourth-order valence-corrected chi connectivity index (χ4v) is 3.12. The summed E-state index contributed by atoms with van der Waals surface area (Å²) in [6, 6.07) is 15.2. The second-order valence-corrected chi connectivity index (χ2v) is 7.29. The minimum atomic E-state index is -1.13. The standard InChI is InChI=1S/C22H23ClN4O4/c1-14(20(28)26-13-17-9-16(12-24)10-18(23)11-17)27-21(29)19(31-22(25)30)8-7-15-5-3-2-4-6-15/h2-6,9-11,14,19H,7-8,13H2,1H3,(H2,25,30)(H,26,28)(H,27,29)/t14-,19+/m0/s1. The first kappa shape index (κ1) is 23.7. The van der Waals surface area contributed by atoms with Crippen molar-refractivity contribution < 1.29 is 19.1 Å². The van der Waals surface area contributed by atoms with Crippen molar-refractivity contribution in [3.05, 3.63) is 70.2 Å².